The zero-order valence-corrected chi connectivity index (χ0v) is 11.4. The lowest BCUT2D eigenvalue weighted by molar-refractivity contribution is -0.0829. The summed E-state index contributed by atoms with van der Waals surface area (Å²) >= 11 is 0. The standard InChI is InChI=1S/C16H19NO2/c1-15-9-14(16(2,19-15)8-13(15)10-17)18-11-12-6-4-3-5-7-12/h3-7,13-14H,8-9,11H2,1-2H3/t13?,14-,15-,16-/m1/s1. The molecule has 0 aromatic heterocycles. The number of ether oxygens (including phenoxy) is 2. The van der Waals surface area contributed by atoms with Crippen molar-refractivity contribution in [1.82, 2.24) is 0 Å². The minimum atomic E-state index is -0.329. The van der Waals surface area contributed by atoms with E-state index in [1.807, 2.05) is 25.1 Å². The Kier molecular flexibility index (Phi) is 2.88. The van der Waals surface area contributed by atoms with Crippen LogP contribution >= 0.6 is 0 Å². The number of fused-ring (bicyclic) bond motifs is 2. The van der Waals surface area contributed by atoms with Gasteiger partial charge in [0.25, 0.3) is 0 Å². The van der Waals surface area contributed by atoms with E-state index in [1.165, 1.54) is 5.56 Å². The van der Waals surface area contributed by atoms with E-state index in [0.717, 1.165) is 12.8 Å². The summed E-state index contributed by atoms with van der Waals surface area (Å²) in [6.45, 7) is 4.72. The smallest absolute Gasteiger partial charge is 0.0937 e. The Bertz CT molecular complexity index is 509. The van der Waals surface area contributed by atoms with Gasteiger partial charge < -0.3 is 9.47 Å². The Labute approximate surface area is 114 Å². The predicted molar refractivity (Wildman–Crippen MR) is 71.3 cm³/mol. The molecule has 0 spiro atoms. The van der Waals surface area contributed by atoms with Crippen LogP contribution < -0.4 is 0 Å². The number of nitriles is 1. The molecule has 0 amide bonds. The highest BCUT2D eigenvalue weighted by molar-refractivity contribution is 5.17. The van der Waals surface area contributed by atoms with E-state index >= 15 is 0 Å². The lowest BCUT2D eigenvalue weighted by atomic mass is 9.74. The highest BCUT2D eigenvalue weighted by Gasteiger charge is 2.62. The summed E-state index contributed by atoms with van der Waals surface area (Å²) in [4.78, 5) is 0. The maximum atomic E-state index is 9.19. The molecular weight excluding hydrogens is 238 g/mol. The molecule has 4 atom stereocenters. The SMILES string of the molecule is C[C@@]12C[C@@H](OCc3ccccc3)[C@@](C)(CC1C#N)O2. The molecule has 2 heterocycles. The second kappa shape index (κ2) is 4.33. The molecule has 2 fully saturated rings. The fourth-order valence-electron chi connectivity index (χ4n) is 3.42. The molecule has 2 aliphatic heterocycles. The third kappa shape index (κ3) is 2.05. The van der Waals surface area contributed by atoms with Crippen LogP contribution in [0.2, 0.25) is 0 Å². The zero-order chi connectivity index (χ0) is 13.5. The number of hydrogen-bond donors (Lipinski definition) is 0. The Balaban J connectivity index is 1.68. The lowest BCUT2D eigenvalue weighted by Gasteiger charge is -2.31. The van der Waals surface area contributed by atoms with Crippen molar-refractivity contribution in [1.29, 1.82) is 5.26 Å². The van der Waals surface area contributed by atoms with E-state index < -0.39 is 0 Å². The van der Waals surface area contributed by atoms with Crippen LogP contribution in [0, 0.1) is 17.2 Å². The minimum Gasteiger partial charge on any atom is -0.370 e. The van der Waals surface area contributed by atoms with Crippen LogP contribution in [0.1, 0.15) is 32.3 Å². The molecule has 19 heavy (non-hydrogen) atoms. The first-order valence-corrected chi connectivity index (χ1v) is 6.81. The Morgan fingerprint density at radius 1 is 1.26 bits per heavy atom. The Morgan fingerprint density at radius 2 is 2.00 bits per heavy atom. The van der Waals surface area contributed by atoms with Gasteiger partial charge in [-0.3, -0.25) is 0 Å². The van der Waals surface area contributed by atoms with Crippen LogP contribution in [0.25, 0.3) is 0 Å². The summed E-state index contributed by atoms with van der Waals surface area (Å²) in [6.07, 6.45) is 1.68. The van der Waals surface area contributed by atoms with Crippen LogP contribution in [-0.2, 0) is 16.1 Å². The lowest BCUT2D eigenvalue weighted by Crippen LogP contribution is -2.40. The fourth-order valence-corrected chi connectivity index (χ4v) is 3.42. The van der Waals surface area contributed by atoms with Gasteiger partial charge in [-0.1, -0.05) is 30.3 Å². The molecule has 1 aromatic carbocycles. The molecule has 2 saturated heterocycles. The van der Waals surface area contributed by atoms with Crippen LogP contribution in [-0.4, -0.2) is 17.3 Å². The first kappa shape index (κ1) is 12.7. The summed E-state index contributed by atoms with van der Waals surface area (Å²) in [5.74, 6) is -0.00549. The van der Waals surface area contributed by atoms with E-state index in [1.54, 1.807) is 0 Å². The van der Waals surface area contributed by atoms with Gasteiger partial charge in [0.1, 0.15) is 0 Å². The highest BCUT2D eigenvalue weighted by atomic mass is 16.6. The summed E-state index contributed by atoms with van der Waals surface area (Å²) in [5, 5.41) is 9.19. The normalized spacial score (nSPS) is 40.3. The average Bonchev–Trinajstić information content (AvgIpc) is 2.82. The summed E-state index contributed by atoms with van der Waals surface area (Å²) in [7, 11) is 0. The van der Waals surface area contributed by atoms with Crippen molar-refractivity contribution in [2.45, 2.75) is 50.6 Å². The van der Waals surface area contributed by atoms with E-state index in [-0.39, 0.29) is 23.2 Å². The molecule has 0 aliphatic carbocycles. The van der Waals surface area contributed by atoms with Gasteiger partial charge in [0, 0.05) is 6.42 Å². The van der Waals surface area contributed by atoms with E-state index in [9.17, 15) is 5.26 Å². The van der Waals surface area contributed by atoms with Gasteiger partial charge in [-0.15, -0.1) is 0 Å². The van der Waals surface area contributed by atoms with Crippen molar-refractivity contribution in [2.24, 2.45) is 5.92 Å². The van der Waals surface area contributed by atoms with Gasteiger partial charge in [-0.25, -0.2) is 0 Å². The van der Waals surface area contributed by atoms with Crippen LogP contribution in [0.4, 0.5) is 0 Å². The average molecular weight is 257 g/mol. The highest BCUT2D eigenvalue weighted by Crippen LogP contribution is 2.54. The van der Waals surface area contributed by atoms with Crippen molar-refractivity contribution in [3.05, 3.63) is 35.9 Å². The fraction of sp³-hybridized carbons (Fsp3) is 0.562. The van der Waals surface area contributed by atoms with Gasteiger partial charge >= 0.3 is 0 Å². The first-order chi connectivity index (χ1) is 9.06. The maximum absolute atomic E-state index is 9.19. The topological polar surface area (TPSA) is 42.2 Å². The van der Waals surface area contributed by atoms with E-state index in [0.29, 0.717) is 6.61 Å². The molecule has 3 rings (SSSR count). The molecule has 2 bridgehead atoms. The van der Waals surface area contributed by atoms with E-state index in [2.05, 4.69) is 25.1 Å². The molecule has 1 unspecified atom stereocenters. The number of benzene rings is 1. The molecule has 0 radical (unpaired) electrons. The van der Waals surface area contributed by atoms with Crippen LogP contribution in [0.5, 0.6) is 0 Å². The second-order valence-corrected chi connectivity index (χ2v) is 6.10. The molecule has 2 aliphatic rings. The zero-order valence-electron chi connectivity index (χ0n) is 11.4. The van der Waals surface area contributed by atoms with Gasteiger partial charge in [-0.05, 0) is 25.8 Å². The predicted octanol–water partition coefficient (Wildman–Crippen LogP) is 3.05. The Morgan fingerprint density at radius 3 is 2.58 bits per heavy atom. The van der Waals surface area contributed by atoms with Crippen LogP contribution in [0.3, 0.4) is 0 Å². The van der Waals surface area contributed by atoms with Crippen LogP contribution in [0.15, 0.2) is 30.3 Å². The van der Waals surface area contributed by atoms with E-state index in [4.69, 9.17) is 9.47 Å². The van der Waals surface area contributed by atoms with Crippen molar-refractivity contribution in [3.63, 3.8) is 0 Å². The van der Waals surface area contributed by atoms with Crippen molar-refractivity contribution >= 4 is 0 Å². The van der Waals surface area contributed by atoms with Crippen molar-refractivity contribution < 1.29 is 9.47 Å². The van der Waals surface area contributed by atoms with Gasteiger partial charge in [0.05, 0.1) is 35.9 Å². The molecule has 1 aromatic rings. The van der Waals surface area contributed by atoms with Gasteiger partial charge in [0.2, 0.25) is 0 Å². The monoisotopic (exact) mass is 257 g/mol. The molecule has 100 valence electrons. The summed E-state index contributed by atoms with van der Waals surface area (Å²) in [5.41, 5.74) is 0.547. The number of hydrogen-bond acceptors (Lipinski definition) is 3. The molecule has 0 N–H and O–H groups in total. The largest absolute Gasteiger partial charge is 0.370 e. The Hall–Kier alpha value is -1.37. The third-order valence-electron chi connectivity index (χ3n) is 4.53. The molecular formula is C16H19NO2. The molecule has 3 heteroatoms. The summed E-state index contributed by atoms with van der Waals surface area (Å²) in [6, 6.07) is 12.5. The minimum absolute atomic E-state index is 0.00549. The quantitative estimate of drug-likeness (QED) is 0.835. The second-order valence-electron chi connectivity index (χ2n) is 6.10. The number of rotatable bonds is 3. The van der Waals surface area contributed by atoms with Gasteiger partial charge in [0.15, 0.2) is 0 Å². The first-order valence-electron chi connectivity index (χ1n) is 6.81. The number of nitrogens with zero attached hydrogens (tertiary/aromatic N) is 1. The molecule has 3 nitrogen and oxygen atoms in total. The third-order valence-corrected chi connectivity index (χ3v) is 4.53. The maximum Gasteiger partial charge on any atom is 0.0937 e. The van der Waals surface area contributed by atoms with Crippen molar-refractivity contribution in [2.75, 3.05) is 0 Å². The van der Waals surface area contributed by atoms with Crippen molar-refractivity contribution in [3.8, 4) is 6.07 Å². The summed E-state index contributed by atoms with van der Waals surface area (Å²) < 4.78 is 12.2. The van der Waals surface area contributed by atoms with Gasteiger partial charge in [-0.2, -0.15) is 5.26 Å². The molecule has 0 saturated carbocycles.